The maximum absolute atomic E-state index is 11.7. The van der Waals surface area contributed by atoms with E-state index in [9.17, 15) is 4.79 Å². The van der Waals surface area contributed by atoms with Crippen molar-refractivity contribution in [1.29, 1.82) is 0 Å². The normalized spacial score (nSPS) is 10.4. The lowest BCUT2D eigenvalue weighted by molar-refractivity contribution is -0.119. The Morgan fingerprint density at radius 2 is 2.06 bits per heavy atom. The van der Waals surface area contributed by atoms with Gasteiger partial charge in [-0.05, 0) is 35.9 Å². The Balaban J connectivity index is 1.71. The fraction of sp³-hybridized carbons (Fsp3) is 0.286. The number of carbonyl (C=O) groups is 1. The number of hydrogen-bond acceptors (Lipinski definition) is 3. The molecule has 0 amide bonds. The van der Waals surface area contributed by atoms with Crippen LogP contribution in [0.4, 0.5) is 0 Å². The van der Waals surface area contributed by atoms with E-state index in [-0.39, 0.29) is 0 Å². The first kappa shape index (κ1) is 12.0. The van der Waals surface area contributed by atoms with Crippen molar-refractivity contribution in [2.45, 2.75) is 25.7 Å². The maximum Gasteiger partial charge on any atom is 0.133 e. The van der Waals surface area contributed by atoms with Crippen LogP contribution in [0.2, 0.25) is 0 Å². The average Bonchev–Trinajstić information content (AvgIpc) is 2.88. The Kier molecular flexibility index (Phi) is 4.45. The molecule has 3 heteroatoms. The van der Waals surface area contributed by atoms with E-state index in [1.54, 1.807) is 17.5 Å². The highest BCUT2D eigenvalue weighted by atomic mass is 32.1. The number of aryl methyl sites for hydroxylation is 2. The number of carbonyl (C=O) groups excluding carboxylic acids is 1. The summed E-state index contributed by atoms with van der Waals surface area (Å²) in [7, 11) is 0. The zero-order valence-electron chi connectivity index (χ0n) is 9.63. The lowest BCUT2D eigenvalue weighted by Crippen LogP contribution is -2.01. The topological polar surface area (TPSA) is 30.0 Å². The van der Waals surface area contributed by atoms with E-state index in [0.717, 1.165) is 18.4 Å². The Morgan fingerprint density at radius 3 is 2.76 bits per heavy atom. The molecule has 0 aromatic carbocycles. The Bertz CT molecular complexity index is 450. The SMILES string of the molecule is O=C(CCc1cccnc1)CCc1cccs1. The second-order valence-corrected chi connectivity index (χ2v) is 5.01. The van der Waals surface area contributed by atoms with E-state index in [4.69, 9.17) is 0 Å². The first-order chi connectivity index (χ1) is 8.34. The van der Waals surface area contributed by atoms with Crippen LogP contribution in [0.3, 0.4) is 0 Å². The first-order valence-electron chi connectivity index (χ1n) is 5.77. The highest BCUT2D eigenvalue weighted by Gasteiger charge is 2.04. The minimum atomic E-state index is 0.335. The van der Waals surface area contributed by atoms with Gasteiger partial charge in [0.1, 0.15) is 5.78 Å². The van der Waals surface area contributed by atoms with E-state index in [1.165, 1.54) is 4.88 Å². The summed E-state index contributed by atoms with van der Waals surface area (Å²) < 4.78 is 0. The van der Waals surface area contributed by atoms with E-state index in [2.05, 4.69) is 16.4 Å². The summed E-state index contributed by atoms with van der Waals surface area (Å²) in [4.78, 5) is 17.0. The average molecular weight is 245 g/mol. The van der Waals surface area contributed by atoms with Crippen LogP contribution in [0.15, 0.2) is 42.0 Å². The molecule has 0 bridgehead atoms. The Hall–Kier alpha value is -1.48. The van der Waals surface area contributed by atoms with Gasteiger partial charge in [-0.2, -0.15) is 0 Å². The molecule has 0 radical (unpaired) electrons. The molecule has 0 N–H and O–H groups in total. The van der Waals surface area contributed by atoms with Crippen molar-refractivity contribution in [1.82, 2.24) is 4.98 Å². The molecule has 2 nitrogen and oxygen atoms in total. The van der Waals surface area contributed by atoms with Gasteiger partial charge in [0.05, 0.1) is 0 Å². The highest BCUT2D eigenvalue weighted by Crippen LogP contribution is 2.12. The van der Waals surface area contributed by atoms with Gasteiger partial charge in [0.25, 0.3) is 0 Å². The molecule has 17 heavy (non-hydrogen) atoms. The molecule has 2 rings (SSSR count). The van der Waals surface area contributed by atoms with Gasteiger partial charge in [-0.1, -0.05) is 12.1 Å². The van der Waals surface area contributed by atoms with Crippen LogP contribution in [0.25, 0.3) is 0 Å². The molecule has 0 saturated heterocycles. The van der Waals surface area contributed by atoms with Gasteiger partial charge in [0.2, 0.25) is 0 Å². The predicted octanol–water partition coefficient (Wildman–Crippen LogP) is 3.28. The van der Waals surface area contributed by atoms with Gasteiger partial charge in [-0.3, -0.25) is 9.78 Å². The van der Waals surface area contributed by atoms with Crippen molar-refractivity contribution in [3.63, 3.8) is 0 Å². The molecule has 0 aliphatic rings. The summed E-state index contributed by atoms with van der Waals surface area (Å²) in [5.74, 6) is 0.335. The molecule has 0 unspecified atom stereocenters. The number of Topliss-reactive ketones (excluding diaryl/α,β-unsaturated/α-hetero) is 1. The minimum absolute atomic E-state index is 0.335. The fourth-order valence-corrected chi connectivity index (χ4v) is 2.38. The summed E-state index contributed by atoms with van der Waals surface area (Å²) in [5.41, 5.74) is 1.14. The van der Waals surface area contributed by atoms with Gasteiger partial charge in [0.15, 0.2) is 0 Å². The molecule has 0 spiro atoms. The van der Waals surface area contributed by atoms with Gasteiger partial charge in [0, 0.05) is 30.1 Å². The van der Waals surface area contributed by atoms with E-state index >= 15 is 0 Å². The second kappa shape index (κ2) is 6.30. The first-order valence-corrected chi connectivity index (χ1v) is 6.65. The molecular formula is C14H15NOS. The maximum atomic E-state index is 11.7. The van der Waals surface area contributed by atoms with E-state index < -0.39 is 0 Å². The van der Waals surface area contributed by atoms with Crippen molar-refractivity contribution in [2.75, 3.05) is 0 Å². The van der Waals surface area contributed by atoms with Gasteiger partial charge < -0.3 is 0 Å². The van der Waals surface area contributed by atoms with Crippen LogP contribution in [-0.2, 0) is 17.6 Å². The zero-order chi connectivity index (χ0) is 11.9. The molecule has 0 atom stereocenters. The molecule has 0 aliphatic heterocycles. The number of thiophene rings is 1. The largest absolute Gasteiger partial charge is 0.300 e. The van der Waals surface area contributed by atoms with E-state index in [0.29, 0.717) is 18.6 Å². The van der Waals surface area contributed by atoms with Crippen molar-refractivity contribution >= 4 is 17.1 Å². The molecule has 2 heterocycles. The molecular weight excluding hydrogens is 230 g/mol. The smallest absolute Gasteiger partial charge is 0.133 e. The van der Waals surface area contributed by atoms with Crippen LogP contribution < -0.4 is 0 Å². The molecule has 2 aromatic rings. The van der Waals surface area contributed by atoms with Gasteiger partial charge >= 0.3 is 0 Å². The third kappa shape index (κ3) is 4.11. The van der Waals surface area contributed by atoms with Crippen LogP contribution in [0, 0.1) is 0 Å². The fourth-order valence-electron chi connectivity index (χ4n) is 1.67. The number of ketones is 1. The molecule has 0 saturated carbocycles. The molecule has 2 aromatic heterocycles. The minimum Gasteiger partial charge on any atom is -0.300 e. The second-order valence-electron chi connectivity index (χ2n) is 3.98. The lowest BCUT2D eigenvalue weighted by Gasteiger charge is -2.00. The summed E-state index contributed by atoms with van der Waals surface area (Å²) in [5, 5.41) is 2.05. The van der Waals surface area contributed by atoms with Crippen LogP contribution in [0.1, 0.15) is 23.3 Å². The molecule has 0 aliphatic carbocycles. The standard InChI is InChI=1S/C14H15NOS/c16-13(7-8-14-4-2-10-17-14)6-5-12-3-1-9-15-11-12/h1-4,9-11H,5-8H2. The monoisotopic (exact) mass is 245 g/mol. The van der Waals surface area contributed by atoms with Crippen LogP contribution >= 0.6 is 11.3 Å². The van der Waals surface area contributed by atoms with Crippen LogP contribution in [-0.4, -0.2) is 10.8 Å². The van der Waals surface area contributed by atoms with Crippen molar-refractivity contribution < 1.29 is 4.79 Å². The number of hydrogen-bond donors (Lipinski definition) is 0. The summed E-state index contributed by atoms with van der Waals surface area (Å²) in [6, 6.07) is 8.03. The third-order valence-corrected chi connectivity index (χ3v) is 3.58. The number of nitrogens with zero attached hydrogens (tertiary/aromatic N) is 1. The van der Waals surface area contributed by atoms with Crippen molar-refractivity contribution in [2.24, 2.45) is 0 Å². The summed E-state index contributed by atoms with van der Waals surface area (Å²) in [6.45, 7) is 0. The predicted molar refractivity (Wildman–Crippen MR) is 70.2 cm³/mol. The van der Waals surface area contributed by atoms with Crippen molar-refractivity contribution in [3.05, 3.63) is 52.5 Å². The Morgan fingerprint density at radius 1 is 1.18 bits per heavy atom. The van der Waals surface area contributed by atoms with Crippen molar-refractivity contribution in [3.8, 4) is 0 Å². The zero-order valence-corrected chi connectivity index (χ0v) is 10.5. The summed E-state index contributed by atoms with van der Waals surface area (Å²) in [6.07, 6.45) is 6.53. The summed E-state index contributed by atoms with van der Waals surface area (Å²) >= 11 is 1.72. The quantitative estimate of drug-likeness (QED) is 0.781. The lowest BCUT2D eigenvalue weighted by atomic mass is 10.1. The highest BCUT2D eigenvalue weighted by molar-refractivity contribution is 7.09. The molecule has 88 valence electrons. The van der Waals surface area contributed by atoms with Crippen LogP contribution in [0.5, 0.6) is 0 Å². The molecule has 0 fully saturated rings. The Labute approximate surface area is 105 Å². The number of aromatic nitrogens is 1. The van der Waals surface area contributed by atoms with E-state index in [1.807, 2.05) is 24.4 Å². The third-order valence-electron chi connectivity index (χ3n) is 2.65. The number of rotatable bonds is 6. The van der Waals surface area contributed by atoms with Gasteiger partial charge in [-0.15, -0.1) is 11.3 Å². The number of pyridine rings is 1. The van der Waals surface area contributed by atoms with Gasteiger partial charge in [-0.25, -0.2) is 0 Å².